The zero-order valence-corrected chi connectivity index (χ0v) is 17.7. The molecule has 4 atom stereocenters. The average molecular weight is 412 g/mol. The fourth-order valence-electron chi connectivity index (χ4n) is 5.75. The zero-order chi connectivity index (χ0) is 20.4. The van der Waals surface area contributed by atoms with Crippen LogP contribution in [0.25, 0.3) is 0 Å². The second-order valence-electron chi connectivity index (χ2n) is 9.77. The molecular weight excluding hydrogens is 382 g/mol. The lowest BCUT2D eigenvalue weighted by molar-refractivity contribution is 0.0271. The normalized spacial score (nSPS) is 30.3. The fourth-order valence-corrected chi connectivity index (χ4v) is 5.75. The summed E-state index contributed by atoms with van der Waals surface area (Å²) in [5.74, 6) is 1.75. The van der Waals surface area contributed by atoms with E-state index in [0.717, 1.165) is 69.3 Å². The van der Waals surface area contributed by atoms with Crippen LogP contribution >= 0.6 is 0 Å². The number of fused-ring (bicyclic) bond motifs is 6. The van der Waals surface area contributed by atoms with Crippen LogP contribution in [0.2, 0.25) is 0 Å². The van der Waals surface area contributed by atoms with Gasteiger partial charge in [-0.2, -0.15) is 4.98 Å². The Morgan fingerprint density at radius 3 is 2.80 bits per heavy atom. The van der Waals surface area contributed by atoms with Crippen molar-refractivity contribution in [2.24, 2.45) is 5.92 Å². The van der Waals surface area contributed by atoms with Crippen molar-refractivity contribution in [3.8, 4) is 0 Å². The number of morpholine rings is 1. The molecule has 4 aliphatic heterocycles. The third-order valence-electron chi connectivity index (χ3n) is 7.29. The van der Waals surface area contributed by atoms with Crippen molar-refractivity contribution >= 4 is 6.01 Å². The first-order valence-electron chi connectivity index (χ1n) is 11.2. The summed E-state index contributed by atoms with van der Waals surface area (Å²) in [7, 11) is 0. The topological polar surface area (TPSA) is 76.6 Å². The average Bonchev–Trinajstić information content (AvgIpc) is 3.47. The lowest BCUT2D eigenvalue weighted by atomic mass is 9.83. The minimum absolute atomic E-state index is 0.194. The lowest BCUT2D eigenvalue weighted by Crippen LogP contribution is -2.48. The SMILES string of the molecule is CC(C)c1noc(N2C[C@@H]3C[C@H](C2)c2ccc(CN4C[C@H]5C[C@@H]4CO5)c(=O)n2C3)n1. The van der Waals surface area contributed by atoms with Gasteiger partial charge in [-0.1, -0.05) is 25.1 Å². The molecule has 0 unspecified atom stereocenters. The van der Waals surface area contributed by atoms with Gasteiger partial charge in [0.15, 0.2) is 5.82 Å². The van der Waals surface area contributed by atoms with Gasteiger partial charge in [-0.3, -0.25) is 9.69 Å². The van der Waals surface area contributed by atoms with Gasteiger partial charge in [-0.25, -0.2) is 0 Å². The Morgan fingerprint density at radius 2 is 2.07 bits per heavy atom. The predicted octanol–water partition coefficient (Wildman–Crippen LogP) is 1.95. The molecule has 6 heterocycles. The summed E-state index contributed by atoms with van der Waals surface area (Å²) in [5.41, 5.74) is 2.26. The largest absolute Gasteiger partial charge is 0.375 e. The summed E-state index contributed by atoms with van der Waals surface area (Å²) in [6.07, 6.45) is 2.59. The van der Waals surface area contributed by atoms with Crippen molar-refractivity contribution in [1.82, 2.24) is 19.6 Å². The van der Waals surface area contributed by atoms with Crippen LogP contribution in [0.3, 0.4) is 0 Å². The maximum absolute atomic E-state index is 13.3. The number of ether oxygens (including phenoxy) is 1. The maximum Gasteiger partial charge on any atom is 0.324 e. The predicted molar refractivity (Wildman–Crippen MR) is 111 cm³/mol. The highest BCUT2D eigenvalue weighted by Gasteiger charge is 2.40. The molecule has 0 spiro atoms. The second-order valence-corrected chi connectivity index (χ2v) is 9.77. The minimum atomic E-state index is 0.194. The number of piperidine rings is 1. The number of anilines is 1. The van der Waals surface area contributed by atoms with Crippen LogP contribution in [-0.2, 0) is 17.8 Å². The number of hydrogen-bond acceptors (Lipinski definition) is 7. The number of rotatable bonds is 4. The van der Waals surface area contributed by atoms with Gasteiger partial charge in [0.2, 0.25) is 0 Å². The minimum Gasteiger partial charge on any atom is -0.375 e. The van der Waals surface area contributed by atoms with Crippen LogP contribution in [-0.4, -0.2) is 58.0 Å². The smallest absolute Gasteiger partial charge is 0.324 e. The first-order chi connectivity index (χ1) is 14.5. The molecule has 3 saturated heterocycles. The van der Waals surface area contributed by atoms with E-state index >= 15 is 0 Å². The molecule has 0 saturated carbocycles. The van der Waals surface area contributed by atoms with Gasteiger partial charge < -0.3 is 18.7 Å². The highest BCUT2D eigenvalue weighted by Crippen LogP contribution is 2.37. The molecule has 3 fully saturated rings. The molecular formula is C22H29N5O3. The molecule has 6 rings (SSSR count). The summed E-state index contributed by atoms with van der Waals surface area (Å²) < 4.78 is 13.3. The molecule has 0 N–H and O–H groups in total. The Labute approximate surface area is 175 Å². The number of pyridine rings is 1. The van der Waals surface area contributed by atoms with Gasteiger partial charge in [0.25, 0.3) is 5.56 Å². The molecule has 0 radical (unpaired) electrons. The van der Waals surface area contributed by atoms with Crippen molar-refractivity contribution in [2.75, 3.05) is 31.1 Å². The molecule has 0 amide bonds. The van der Waals surface area contributed by atoms with Crippen LogP contribution in [0, 0.1) is 5.92 Å². The van der Waals surface area contributed by atoms with Crippen molar-refractivity contribution in [1.29, 1.82) is 0 Å². The van der Waals surface area contributed by atoms with Crippen molar-refractivity contribution < 1.29 is 9.26 Å². The Balaban J connectivity index is 1.24. The summed E-state index contributed by atoms with van der Waals surface area (Å²) in [6, 6.07) is 5.34. The second kappa shape index (κ2) is 6.92. The molecule has 2 aromatic rings. The van der Waals surface area contributed by atoms with Crippen LogP contribution in [0.1, 0.15) is 55.6 Å². The Kier molecular flexibility index (Phi) is 4.28. The Morgan fingerprint density at radius 1 is 1.17 bits per heavy atom. The Hall–Kier alpha value is -2.19. The molecule has 2 aromatic heterocycles. The van der Waals surface area contributed by atoms with E-state index in [9.17, 15) is 4.79 Å². The van der Waals surface area contributed by atoms with Gasteiger partial charge in [0, 0.05) is 61.9 Å². The van der Waals surface area contributed by atoms with E-state index in [1.807, 2.05) is 4.57 Å². The third kappa shape index (κ3) is 3.00. The fraction of sp³-hybridized carbons (Fsp3) is 0.682. The first-order valence-corrected chi connectivity index (χ1v) is 11.2. The number of nitrogens with zero attached hydrogens (tertiary/aromatic N) is 5. The van der Waals surface area contributed by atoms with E-state index in [4.69, 9.17) is 9.26 Å². The lowest BCUT2D eigenvalue weighted by Gasteiger charge is -2.42. The van der Waals surface area contributed by atoms with Crippen molar-refractivity contribution in [3.05, 3.63) is 39.6 Å². The Bertz CT molecular complexity index is 1010. The van der Waals surface area contributed by atoms with E-state index in [-0.39, 0.29) is 11.5 Å². The molecule has 8 heteroatoms. The summed E-state index contributed by atoms with van der Waals surface area (Å²) in [6.45, 7) is 9.10. The number of likely N-dealkylation sites (tertiary alicyclic amines) is 1. The number of aromatic nitrogens is 3. The van der Waals surface area contributed by atoms with Gasteiger partial charge in [-0.05, 0) is 24.8 Å². The van der Waals surface area contributed by atoms with Crippen molar-refractivity contribution in [3.63, 3.8) is 0 Å². The third-order valence-corrected chi connectivity index (χ3v) is 7.29. The first kappa shape index (κ1) is 18.6. The standard InChI is InChI=1S/C22H29N5O3/c1-13(2)20-23-22(30-24-20)26-7-14-5-16(10-26)19-4-3-15(21(28)27(19)8-14)9-25-11-18-6-17(25)12-29-18/h3-4,13-14,16-18H,5-12H2,1-2H3/t14-,16+,17+,18+/m0/s1. The quantitative estimate of drug-likeness (QED) is 0.761. The number of hydrogen-bond donors (Lipinski definition) is 0. The van der Waals surface area contributed by atoms with E-state index in [0.29, 0.717) is 30.0 Å². The summed E-state index contributed by atoms with van der Waals surface area (Å²) in [5, 5.41) is 4.12. The van der Waals surface area contributed by atoms with Crippen LogP contribution < -0.4 is 10.5 Å². The zero-order valence-electron chi connectivity index (χ0n) is 17.7. The molecule has 160 valence electrons. The molecule has 8 nitrogen and oxygen atoms in total. The summed E-state index contributed by atoms with van der Waals surface area (Å²) in [4.78, 5) is 22.5. The van der Waals surface area contributed by atoms with Crippen molar-refractivity contribution in [2.45, 2.75) is 63.8 Å². The monoisotopic (exact) mass is 411 g/mol. The molecule has 30 heavy (non-hydrogen) atoms. The van der Waals surface area contributed by atoms with E-state index in [1.54, 1.807) is 0 Å². The highest BCUT2D eigenvalue weighted by molar-refractivity contribution is 5.32. The van der Waals surface area contributed by atoms with Gasteiger partial charge in [0.05, 0.1) is 12.7 Å². The van der Waals surface area contributed by atoms with E-state index < -0.39 is 0 Å². The van der Waals surface area contributed by atoms with E-state index in [1.165, 1.54) is 0 Å². The molecule has 4 bridgehead atoms. The van der Waals surface area contributed by atoms with Gasteiger partial charge in [0.1, 0.15) is 0 Å². The van der Waals surface area contributed by atoms with Crippen LogP contribution in [0.15, 0.2) is 21.5 Å². The highest BCUT2D eigenvalue weighted by atomic mass is 16.5. The van der Waals surface area contributed by atoms with Crippen LogP contribution in [0.5, 0.6) is 0 Å². The molecule has 0 aliphatic carbocycles. The van der Waals surface area contributed by atoms with Crippen LogP contribution in [0.4, 0.5) is 6.01 Å². The molecule has 0 aromatic carbocycles. The van der Waals surface area contributed by atoms with Gasteiger partial charge >= 0.3 is 6.01 Å². The summed E-state index contributed by atoms with van der Waals surface area (Å²) >= 11 is 0. The maximum atomic E-state index is 13.3. The van der Waals surface area contributed by atoms with Gasteiger partial charge in [-0.15, -0.1) is 0 Å². The molecule has 4 aliphatic rings. The van der Waals surface area contributed by atoms with E-state index in [2.05, 4.69) is 45.9 Å².